The summed E-state index contributed by atoms with van der Waals surface area (Å²) >= 11 is 0. The van der Waals surface area contributed by atoms with E-state index in [4.69, 9.17) is 9.47 Å². The molecule has 0 radical (unpaired) electrons. The molecular formula is C13H18BF3NO2-. The van der Waals surface area contributed by atoms with Gasteiger partial charge in [-0.15, -0.1) is 5.46 Å². The van der Waals surface area contributed by atoms with E-state index in [0.717, 1.165) is 19.2 Å². The highest BCUT2D eigenvalue weighted by molar-refractivity contribution is 6.74. The van der Waals surface area contributed by atoms with Gasteiger partial charge in [-0.25, -0.2) is 0 Å². The van der Waals surface area contributed by atoms with Gasteiger partial charge in [0.05, 0.1) is 6.61 Å². The number of aryl methyl sites for hydroxylation is 1. The molecule has 20 heavy (non-hydrogen) atoms. The number of hydrogen-bond donors (Lipinski definition) is 0. The largest absolute Gasteiger partial charge is 0.509 e. The summed E-state index contributed by atoms with van der Waals surface area (Å²) in [5, 5.41) is 0. The third-order valence-electron chi connectivity index (χ3n) is 3.37. The molecule has 3 nitrogen and oxygen atoms in total. The first-order valence-corrected chi connectivity index (χ1v) is 6.59. The lowest BCUT2D eigenvalue weighted by Gasteiger charge is -2.30. The molecule has 0 bridgehead atoms. The summed E-state index contributed by atoms with van der Waals surface area (Å²) < 4.78 is 49.2. The molecule has 1 aromatic carbocycles. The van der Waals surface area contributed by atoms with E-state index in [2.05, 4.69) is 4.90 Å². The first-order chi connectivity index (χ1) is 9.36. The molecule has 7 heteroatoms. The van der Waals surface area contributed by atoms with Crippen LogP contribution in [0.15, 0.2) is 18.2 Å². The number of rotatable bonds is 4. The van der Waals surface area contributed by atoms with Crippen molar-refractivity contribution in [1.29, 1.82) is 0 Å². The lowest BCUT2D eigenvalue weighted by Crippen LogP contribution is -2.42. The minimum Gasteiger partial charge on any atom is -0.491 e. The van der Waals surface area contributed by atoms with Gasteiger partial charge in [0.2, 0.25) is 0 Å². The third kappa shape index (κ3) is 3.90. The van der Waals surface area contributed by atoms with E-state index in [1.54, 1.807) is 0 Å². The molecule has 112 valence electrons. The molecule has 0 aromatic heterocycles. The van der Waals surface area contributed by atoms with Crippen LogP contribution in [0.4, 0.5) is 12.9 Å². The Morgan fingerprint density at radius 3 is 2.75 bits per heavy atom. The van der Waals surface area contributed by atoms with E-state index in [9.17, 15) is 12.9 Å². The minimum absolute atomic E-state index is 0.0411. The van der Waals surface area contributed by atoms with Crippen molar-refractivity contribution in [1.82, 2.24) is 4.90 Å². The maximum Gasteiger partial charge on any atom is 0.509 e. The molecule has 0 N–H and O–H groups in total. The summed E-state index contributed by atoms with van der Waals surface area (Å²) in [5.74, 6) is 0.447. The van der Waals surface area contributed by atoms with Crippen molar-refractivity contribution in [3.05, 3.63) is 23.8 Å². The van der Waals surface area contributed by atoms with Gasteiger partial charge in [0.25, 0.3) is 0 Å². The van der Waals surface area contributed by atoms with Crippen LogP contribution in [-0.4, -0.2) is 51.3 Å². The van der Waals surface area contributed by atoms with E-state index >= 15 is 0 Å². The van der Waals surface area contributed by atoms with Crippen LogP contribution in [0.2, 0.25) is 0 Å². The predicted molar refractivity (Wildman–Crippen MR) is 72.6 cm³/mol. The molecule has 1 aromatic rings. The molecule has 1 fully saturated rings. The summed E-state index contributed by atoms with van der Waals surface area (Å²) in [6.07, 6.45) is -0.0411. The summed E-state index contributed by atoms with van der Waals surface area (Å²) in [4.78, 5) is 2.14. The molecule has 1 aliphatic rings. The van der Waals surface area contributed by atoms with Crippen LogP contribution in [0.5, 0.6) is 5.75 Å². The first kappa shape index (κ1) is 15.2. The standard InChI is InChI=1S/C13H18BF3NO2/c1-10-7-11(3-4-13(10)14(15,16)17)20-9-12-8-18(2)5-6-19-12/h3-4,7,12H,5-6,8-9H2,1-2H3/q-1. The highest BCUT2D eigenvalue weighted by Crippen LogP contribution is 2.18. The second-order valence-electron chi connectivity index (χ2n) is 5.16. The van der Waals surface area contributed by atoms with E-state index in [1.807, 2.05) is 7.05 Å². The molecule has 0 spiro atoms. The van der Waals surface area contributed by atoms with E-state index < -0.39 is 12.4 Å². The molecule has 1 unspecified atom stereocenters. The van der Waals surface area contributed by atoms with E-state index in [-0.39, 0.29) is 11.7 Å². The van der Waals surface area contributed by atoms with Crippen molar-refractivity contribution in [3.63, 3.8) is 0 Å². The fourth-order valence-electron chi connectivity index (χ4n) is 2.26. The molecule has 1 saturated heterocycles. The summed E-state index contributed by atoms with van der Waals surface area (Å²) in [5.41, 5.74) is -0.373. The number of nitrogens with zero attached hydrogens (tertiary/aromatic N) is 1. The van der Waals surface area contributed by atoms with Crippen LogP contribution in [0.25, 0.3) is 0 Å². The van der Waals surface area contributed by atoms with Gasteiger partial charge in [-0.1, -0.05) is 11.6 Å². The van der Waals surface area contributed by atoms with Crippen molar-refractivity contribution >= 4 is 12.4 Å². The van der Waals surface area contributed by atoms with Crippen LogP contribution >= 0.6 is 0 Å². The number of morpholine rings is 1. The van der Waals surface area contributed by atoms with Crippen LogP contribution in [0, 0.1) is 6.92 Å². The molecule has 1 aliphatic heterocycles. The molecule has 1 heterocycles. The lowest BCUT2D eigenvalue weighted by atomic mass is 9.77. The maximum atomic E-state index is 12.7. The fraction of sp³-hybridized carbons (Fsp3) is 0.538. The van der Waals surface area contributed by atoms with E-state index in [1.165, 1.54) is 19.1 Å². The number of likely N-dealkylation sites (N-methyl/N-ethyl adjacent to an activating group) is 1. The van der Waals surface area contributed by atoms with Gasteiger partial charge in [0.15, 0.2) is 0 Å². The molecule has 2 rings (SSSR count). The van der Waals surface area contributed by atoms with Gasteiger partial charge in [-0.2, -0.15) is 0 Å². The third-order valence-corrected chi connectivity index (χ3v) is 3.37. The van der Waals surface area contributed by atoms with Crippen molar-refractivity contribution in [2.75, 3.05) is 33.4 Å². The highest BCUT2D eigenvalue weighted by Gasteiger charge is 2.27. The van der Waals surface area contributed by atoms with Crippen LogP contribution in [0.3, 0.4) is 0 Å². The van der Waals surface area contributed by atoms with Crippen molar-refractivity contribution < 1.29 is 22.4 Å². The van der Waals surface area contributed by atoms with E-state index in [0.29, 0.717) is 19.0 Å². The quantitative estimate of drug-likeness (QED) is 0.788. The van der Waals surface area contributed by atoms with Crippen molar-refractivity contribution in [3.8, 4) is 5.75 Å². The molecule has 1 atom stereocenters. The Bertz CT molecular complexity index is 467. The monoisotopic (exact) mass is 288 g/mol. The van der Waals surface area contributed by atoms with Gasteiger partial charge in [-0.05, 0) is 26.1 Å². The molecule has 0 saturated carbocycles. The van der Waals surface area contributed by atoms with Crippen LogP contribution in [-0.2, 0) is 4.74 Å². The maximum absolute atomic E-state index is 12.7. The topological polar surface area (TPSA) is 21.7 Å². The molecule has 0 amide bonds. The Hall–Kier alpha value is -1.21. The predicted octanol–water partition coefficient (Wildman–Crippen LogP) is 1.76. The van der Waals surface area contributed by atoms with Gasteiger partial charge in [-0.3, -0.25) is 0 Å². The summed E-state index contributed by atoms with van der Waals surface area (Å²) in [7, 11) is 2.00. The zero-order valence-electron chi connectivity index (χ0n) is 11.6. The number of halogens is 3. The average Bonchev–Trinajstić information content (AvgIpc) is 2.35. The summed E-state index contributed by atoms with van der Waals surface area (Å²) in [6, 6.07) is 3.87. The Labute approximate surface area is 116 Å². The lowest BCUT2D eigenvalue weighted by molar-refractivity contribution is -0.0403. The van der Waals surface area contributed by atoms with Gasteiger partial charge in [0, 0.05) is 13.1 Å². The number of benzene rings is 1. The Kier molecular flexibility index (Phi) is 4.60. The number of ether oxygens (including phenoxy) is 2. The minimum atomic E-state index is -4.97. The fourth-order valence-corrected chi connectivity index (χ4v) is 2.26. The average molecular weight is 288 g/mol. The SMILES string of the molecule is Cc1cc(OCC2CN(C)CCO2)ccc1[B-](F)(F)F. The number of hydrogen-bond acceptors (Lipinski definition) is 3. The van der Waals surface area contributed by atoms with Gasteiger partial charge < -0.3 is 27.3 Å². The second-order valence-corrected chi connectivity index (χ2v) is 5.16. The Morgan fingerprint density at radius 1 is 1.40 bits per heavy atom. The van der Waals surface area contributed by atoms with Crippen molar-refractivity contribution in [2.24, 2.45) is 0 Å². The second kappa shape index (κ2) is 6.05. The van der Waals surface area contributed by atoms with Crippen LogP contribution < -0.4 is 10.2 Å². The zero-order chi connectivity index (χ0) is 14.8. The smallest absolute Gasteiger partial charge is 0.491 e. The Morgan fingerprint density at radius 2 is 2.15 bits per heavy atom. The highest BCUT2D eigenvalue weighted by atomic mass is 19.4. The first-order valence-electron chi connectivity index (χ1n) is 6.59. The van der Waals surface area contributed by atoms with Crippen molar-refractivity contribution in [2.45, 2.75) is 13.0 Å². The summed E-state index contributed by atoms with van der Waals surface area (Å²) in [6.45, 7) is -0.866. The Balaban J connectivity index is 1.95. The molecular weight excluding hydrogens is 270 g/mol. The van der Waals surface area contributed by atoms with Crippen LogP contribution in [0.1, 0.15) is 5.56 Å². The van der Waals surface area contributed by atoms with Gasteiger partial charge in [0.1, 0.15) is 18.5 Å². The normalized spacial score (nSPS) is 20.9. The van der Waals surface area contributed by atoms with Gasteiger partial charge >= 0.3 is 6.98 Å². The zero-order valence-corrected chi connectivity index (χ0v) is 11.6. The molecule has 0 aliphatic carbocycles.